The van der Waals surface area contributed by atoms with Crippen molar-refractivity contribution >= 4 is 21.6 Å². The maximum atomic E-state index is 12.2. The first-order valence-electron chi connectivity index (χ1n) is 8.54. The quantitative estimate of drug-likeness (QED) is 0.440. The Labute approximate surface area is 163 Å². The molecule has 1 unspecified atom stereocenters. The lowest BCUT2D eigenvalue weighted by Gasteiger charge is -2.16. The highest BCUT2D eigenvalue weighted by Gasteiger charge is 2.22. The fourth-order valence-corrected chi connectivity index (χ4v) is 3.60. The number of hydrogen-bond donors (Lipinski definition) is 3. The third-order valence-electron chi connectivity index (χ3n) is 4.25. The lowest BCUT2D eigenvalue weighted by atomic mass is 9.89. The van der Waals surface area contributed by atoms with Crippen molar-refractivity contribution in [1.29, 1.82) is 0 Å². The van der Waals surface area contributed by atoms with E-state index in [1.165, 1.54) is 0 Å². The number of anilines is 1. The van der Waals surface area contributed by atoms with Gasteiger partial charge in [0.25, 0.3) is 5.91 Å². The lowest BCUT2D eigenvalue weighted by Crippen LogP contribution is -2.27. The third kappa shape index (κ3) is 4.76. The van der Waals surface area contributed by atoms with Gasteiger partial charge in [0, 0.05) is 5.69 Å². The molecule has 0 saturated heterocycles. The molecule has 0 heterocycles. The van der Waals surface area contributed by atoms with Crippen LogP contribution in [0.15, 0.2) is 78.9 Å². The fourth-order valence-electron chi connectivity index (χ4n) is 3.05. The molecule has 144 valence electrons. The van der Waals surface area contributed by atoms with Crippen molar-refractivity contribution in [1.82, 2.24) is 5.48 Å². The highest BCUT2D eigenvalue weighted by atomic mass is 32.2. The predicted molar refractivity (Wildman–Crippen MR) is 109 cm³/mol. The first-order chi connectivity index (χ1) is 13.4. The number of nitrogens with one attached hydrogen (secondary N) is 2. The lowest BCUT2D eigenvalue weighted by molar-refractivity contribution is -0.129. The van der Waals surface area contributed by atoms with E-state index in [1.807, 2.05) is 60.7 Å². The maximum absolute atomic E-state index is 12.2. The molecule has 3 rings (SSSR count). The van der Waals surface area contributed by atoms with Crippen LogP contribution in [-0.4, -0.2) is 25.8 Å². The summed E-state index contributed by atoms with van der Waals surface area (Å²) in [5, 5.41) is 9.13. The van der Waals surface area contributed by atoms with E-state index >= 15 is 0 Å². The van der Waals surface area contributed by atoms with Crippen LogP contribution in [0.3, 0.4) is 0 Å². The van der Waals surface area contributed by atoms with Gasteiger partial charge in [0.1, 0.15) is 0 Å². The van der Waals surface area contributed by atoms with E-state index in [2.05, 4.69) is 4.72 Å². The van der Waals surface area contributed by atoms with Crippen molar-refractivity contribution in [3.63, 3.8) is 0 Å². The van der Waals surface area contributed by atoms with Crippen LogP contribution in [0, 0.1) is 0 Å². The minimum absolute atomic E-state index is 0.478. The normalized spacial score (nSPS) is 12.2. The average Bonchev–Trinajstić information content (AvgIpc) is 2.68. The molecule has 0 spiro atoms. The third-order valence-corrected chi connectivity index (χ3v) is 4.85. The van der Waals surface area contributed by atoms with E-state index in [0.29, 0.717) is 5.69 Å². The zero-order valence-corrected chi connectivity index (χ0v) is 16.0. The minimum Gasteiger partial charge on any atom is -0.289 e. The van der Waals surface area contributed by atoms with Crippen LogP contribution in [0.4, 0.5) is 5.69 Å². The van der Waals surface area contributed by atoms with Crippen LogP contribution in [0.25, 0.3) is 11.1 Å². The molecular weight excluding hydrogens is 376 g/mol. The number of sulfonamides is 1. The van der Waals surface area contributed by atoms with Crippen molar-refractivity contribution in [3.8, 4) is 11.1 Å². The summed E-state index contributed by atoms with van der Waals surface area (Å²) in [6, 6.07) is 23.6. The fraction of sp³-hybridized carbons (Fsp3) is 0.0952. The van der Waals surface area contributed by atoms with Gasteiger partial charge in [0.05, 0.1) is 12.2 Å². The number of hydrogen-bond acceptors (Lipinski definition) is 4. The van der Waals surface area contributed by atoms with Gasteiger partial charge in [-0.25, -0.2) is 13.9 Å². The van der Waals surface area contributed by atoms with E-state index in [1.54, 1.807) is 23.7 Å². The Morgan fingerprint density at radius 1 is 0.857 bits per heavy atom. The molecule has 1 atom stereocenters. The van der Waals surface area contributed by atoms with E-state index in [9.17, 15) is 13.2 Å². The molecule has 3 aromatic carbocycles. The number of carbonyl (C=O) groups is 1. The summed E-state index contributed by atoms with van der Waals surface area (Å²) in [5.41, 5.74) is 5.41. The highest BCUT2D eigenvalue weighted by molar-refractivity contribution is 7.92. The summed E-state index contributed by atoms with van der Waals surface area (Å²) in [4.78, 5) is 12.2. The van der Waals surface area contributed by atoms with Crippen LogP contribution in [-0.2, 0) is 14.8 Å². The Morgan fingerprint density at radius 2 is 1.50 bits per heavy atom. The van der Waals surface area contributed by atoms with Crippen LogP contribution < -0.4 is 10.2 Å². The number of carbonyl (C=O) groups excluding carboxylic acids is 1. The second-order valence-electron chi connectivity index (χ2n) is 6.40. The smallest absolute Gasteiger partial charge is 0.255 e. The SMILES string of the molecule is CS(=O)(=O)Nc1cccc(-c2ccc(C(C(=O)NO)c3ccccc3)cc2)c1. The molecule has 0 fully saturated rings. The van der Waals surface area contributed by atoms with E-state index in [-0.39, 0.29) is 0 Å². The molecule has 1 amide bonds. The van der Waals surface area contributed by atoms with Gasteiger partial charge in [-0.3, -0.25) is 14.7 Å². The molecule has 0 aliphatic carbocycles. The van der Waals surface area contributed by atoms with Crippen LogP contribution in [0.2, 0.25) is 0 Å². The zero-order valence-electron chi connectivity index (χ0n) is 15.2. The van der Waals surface area contributed by atoms with Gasteiger partial charge in [0.2, 0.25) is 10.0 Å². The predicted octanol–water partition coefficient (Wildman–Crippen LogP) is 3.36. The van der Waals surface area contributed by atoms with Crippen molar-refractivity contribution in [2.45, 2.75) is 5.92 Å². The van der Waals surface area contributed by atoms with Gasteiger partial charge in [-0.1, -0.05) is 66.7 Å². The molecule has 0 radical (unpaired) electrons. The van der Waals surface area contributed by atoms with E-state index in [4.69, 9.17) is 5.21 Å². The molecule has 0 aliphatic heterocycles. The second-order valence-corrected chi connectivity index (χ2v) is 8.15. The van der Waals surface area contributed by atoms with Crippen molar-refractivity contribution in [2.24, 2.45) is 0 Å². The van der Waals surface area contributed by atoms with Crippen LogP contribution >= 0.6 is 0 Å². The Balaban J connectivity index is 1.92. The van der Waals surface area contributed by atoms with Gasteiger partial charge >= 0.3 is 0 Å². The summed E-state index contributed by atoms with van der Waals surface area (Å²) in [5.74, 6) is -1.16. The maximum Gasteiger partial charge on any atom is 0.255 e. The molecule has 0 aromatic heterocycles. The summed E-state index contributed by atoms with van der Waals surface area (Å²) in [7, 11) is -3.36. The Hall–Kier alpha value is -3.16. The number of benzene rings is 3. The first-order valence-corrected chi connectivity index (χ1v) is 10.4. The monoisotopic (exact) mass is 396 g/mol. The molecular formula is C21H20N2O4S. The first kappa shape index (κ1) is 19.6. The number of rotatable bonds is 6. The molecule has 28 heavy (non-hydrogen) atoms. The zero-order chi connectivity index (χ0) is 20.1. The molecule has 0 bridgehead atoms. The van der Waals surface area contributed by atoms with Gasteiger partial charge < -0.3 is 0 Å². The highest BCUT2D eigenvalue weighted by Crippen LogP contribution is 2.28. The van der Waals surface area contributed by atoms with Crippen LogP contribution in [0.5, 0.6) is 0 Å². The Kier molecular flexibility index (Phi) is 5.77. The molecule has 0 aliphatic rings. The average molecular weight is 396 g/mol. The van der Waals surface area contributed by atoms with Crippen molar-refractivity contribution in [3.05, 3.63) is 90.0 Å². The van der Waals surface area contributed by atoms with Gasteiger partial charge in [0.15, 0.2) is 0 Å². The largest absolute Gasteiger partial charge is 0.289 e. The Morgan fingerprint density at radius 3 is 2.11 bits per heavy atom. The topological polar surface area (TPSA) is 95.5 Å². The summed E-state index contributed by atoms with van der Waals surface area (Å²) >= 11 is 0. The summed E-state index contributed by atoms with van der Waals surface area (Å²) in [6.07, 6.45) is 1.10. The molecule has 3 N–H and O–H groups in total. The number of amides is 1. The molecule has 6 nitrogen and oxygen atoms in total. The molecule has 0 saturated carbocycles. The summed E-state index contributed by atoms with van der Waals surface area (Å²) in [6.45, 7) is 0. The van der Waals surface area contributed by atoms with E-state index < -0.39 is 21.8 Å². The summed E-state index contributed by atoms with van der Waals surface area (Å²) < 4.78 is 25.3. The van der Waals surface area contributed by atoms with E-state index in [0.717, 1.165) is 28.5 Å². The van der Waals surface area contributed by atoms with Gasteiger partial charge in [-0.2, -0.15) is 0 Å². The van der Waals surface area contributed by atoms with Gasteiger partial charge in [-0.15, -0.1) is 0 Å². The van der Waals surface area contributed by atoms with Gasteiger partial charge in [-0.05, 0) is 34.4 Å². The standard InChI is InChI=1S/C21H20N2O4S/c1-28(26,27)23-19-9-5-8-18(14-19)15-10-12-17(13-11-15)20(21(24)22-25)16-6-3-2-4-7-16/h2-14,20,23,25H,1H3,(H,22,24). The Bertz CT molecular complexity index is 1070. The number of hydroxylamine groups is 1. The molecule has 7 heteroatoms. The minimum atomic E-state index is -3.36. The van der Waals surface area contributed by atoms with Crippen molar-refractivity contribution in [2.75, 3.05) is 11.0 Å². The van der Waals surface area contributed by atoms with Crippen molar-refractivity contribution < 1.29 is 18.4 Å². The molecule has 3 aromatic rings. The van der Waals surface area contributed by atoms with Crippen LogP contribution in [0.1, 0.15) is 17.0 Å². The second kappa shape index (κ2) is 8.24.